The summed E-state index contributed by atoms with van der Waals surface area (Å²) in [6.45, 7) is 2.76. The first kappa shape index (κ1) is 14.0. The van der Waals surface area contributed by atoms with Crippen molar-refractivity contribution in [2.75, 3.05) is 24.7 Å². The molecular weight excluding hydrogens is 240 g/mol. The number of hydrogen-bond donors (Lipinski definition) is 3. The zero-order valence-corrected chi connectivity index (χ0v) is 11.8. The minimum absolute atomic E-state index is 0.559. The molecule has 0 spiro atoms. The zero-order valence-electron chi connectivity index (χ0n) is 11.8. The van der Waals surface area contributed by atoms with Gasteiger partial charge in [-0.05, 0) is 24.8 Å². The first-order valence-electron chi connectivity index (χ1n) is 6.91. The fourth-order valence-corrected chi connectivity index (χ4v) is 2.90. The van der Waals surface area contributed by atoms with E-state index in [1.807, 2.05) is 12.1 Å². The summed E-state index contributed by atoms with van der Waals surface area (Å²) in [7, 11) is 1.62. The number of ether oxygens (including phenoxy) is 1. The van der Waals surface area contributed by atoms with Crippen molar-refractivity contribution in [2.24, 2.45) is 5.92 Å². The van der Waals surface area contributed by atoms with E-state index in [4.69, 9.17) is 10.5 Å². The van der Waals surface area contributed by atoms with Crippen LogP contribution in [0.15, 0.2) is 18.2 Å². The molecule has 1 saturated carbocycles. The third kappa shape index (κ3) is 3.77. The molecule has 2 unspecified atom stereocenters. The first-order valence-corrected chi connectivity index (χ1v) is 6.91. The third-order valence-electron chi connectivity index (χ3n) is 3.85. The molecule has 1 aliphatic rings. The molecule has 4 heteroatoms. The van der Waals surface area contributed by atoms with Crippen LogP contribution in [0.3, 0.4) is 0 Å². The highest BCUT2D eigenvalue weighted by Gasteiger charge is 2.32. The first-order chi connectivity index (χ1) is 9.00. The van der Waals surface area contributed by atoms with E-state index in [9.17, 15) is 5.11 Å². The molecule has 0 radical (unpaired) electrons. The number of nitrogens with two attached hydrogens (primary N) is 1. The smallest absolute Gasteiger partial charge is 0.122 e. The fraction of sp³-hybridized carbons (Fsp3) is 0.600. The van der Waals surface area contributed by atoms with Crippen LogP contribution in [0.5, 0.6) is 5.75 Å². The summed E-state index contributed by atoms with van der Waals surface area (Å²) in [5.41, 5.74) is 6.76. The SMILES string of the molecule is COc1cc(N)cc(NCC2(O)CCCC(C)C2)c1. The molecule has 0 aromatic heterocycles. The van der Waals surface area contributed by atoms with Crippen molar-refractivity contribution in [3.05, 3.63) is 18.2 Å². The number of nitrogen functional groups attached to an aromatic ring is 1. The van der Waals surface area contributed by atoms with Gasteiger partial charge in [-0.25, -0.2) is 0 Å². The van der Waals surface area contributed by atoms with Gasteiger partial charge >= 0.3 is 0 Å². The van der Waals surface area contributed by atoms with E-state index >= 15 is 0 Å². The molecule has 1 aliphatic carbocycles. The van der Waals surface area contributed by atoms with E-state index in [0.717, 1.165) is 30.7 Å². The highest BCUT2D eigenvalue weighted by atomic mass is 16.5. The molecule has 1 aromatic carbocycles. The minimum atomic E-state index is -0.602. The zero-order chi connectivity index (χ0) is 13.9. The molecule has 0 saturated heterocycles. The summed E-state index contributed by atoms with van der Waals surface area (Å²) < 4.78 is 5.19. The van der Waals surface area contributed by atoms with Gasteiger partial charge in [0, 0.05) is 30.1 Å². The summed E-state index contributed by atoms with van der Waals surface area (Å²) in [6.07, 6.45) is 4.04. The molecule has 0 heterocycles. The Labute approximate surface area is 115 Å². The van der Waals surface area contributed by atoms with E-state index < -0.39 is 5.60 Å². The molecular formula is C15H24N2O2. The number of rotatable bonds is 4. The summed E-state index contributed by atoms with van der Waals surface area (Å²) in [5.74, 6) is 1.32. The highest BCUT2D eigenvalue weighted by molar-refractivity contribution is 5.59. The Bertz CT molecular complexity index is 436. The molecule has 0 amide bonds. The predicted octanol–water partition coefficient (Wildman–Crippen LogP) is 2.63. The van der Waals surface area contributed by atoms with Crippen LogP contribution in [0, 0.1) is 5.92 Å². The maximum atomic E-state index is 10.6. The third-order valence-corrected chi connectivity index (χ3v) is 3.85. The number of hydrogen-bond acceptors (Lipinski definition) is 4. The van der Waals surface area contributed by atoms with Crippen molar-refractivity contribution >= 4 is 11.4 Å². The van der Waals surface area contributed by atoms with Crippen molar-refractivity contribution in [3.63, 3.8) is 0 Å². The monoisotopic (exact) mass is 264 g/mol. The van der Waals surface area contributed by atoms with Gasteiger partial charge in [-0.2, -0.15) is 0 Å². The molecule has 4 nitrogen and oxygen atoms in total. The summed E-state index contributed by atoms with van der Waals surface area (Å²) >= 11 is 0. The molecule has 1 fully saturated rings. The van der Waals surface area contributed by atoms with E-state index in [-0.39, 0.29) is 0 Å². The second-order valence-electron chi connectivity index (χ2n) is 5.77. The average molecular weight is 264 g/mol. The van der Waals surface area contributed by atoms with Gasteiger partial charge in [-0.1, -0.05) is 19.8 Å². The molecule has 2 rings (SSSR count). The van der Waals surface area contributed by atoms with Gasteiger partial charge in [0.1, 0.15) is 5.75 Å². The van der Waals surface area contributed by atoms with Gasteiger partial charge in [0.05, 0.1) is 12.7 Å². The Morgan fingerprint density at radius 3 is 2.95 bits per heavy atom. The molecule has 0 aliphatic heterocycles. The van der Waals surface area contributed by atoms with E-state index in [1.165, 1.54) is 6.42 Å². The van der Waals surface area contributed by atoms with E-state index in [0.29, 0.717) is 18.2 Å². The maximum Gasteiger partial charge on any atom is 0.122 e. The molecule has 1 aromatic rings. The predicted molar refractivity (Wildman–Crippen MR) is 78.5 cm³/mol. The molecule has 4 N–H and O–H groups in total. The summed E-state index contributed by atoms with van der Waals surface area (Å²) in [4.78, 5) is 0. The van der Waals surface area contributed by atoms with Crippen LogP contribution < -0.4 is 15.8 Å². The number of nitrogens with one attached hydrogen (secondary N) is 1. The number of methoxy groups -OCH3 is 1. The Hall–Kier alpha value is -1.42. The van der Waals surface area contributed by atoms with Gasteiger partial charge in [-0.15, -0.1) is 0 Å². The van der Waals surface area contributed by atoms with Gasteiger partial charge < -0.3 is 20.9 Å². The van der Waals surface area contributed by atoms with Crippen molar-refractivity contribution in [1.29, 1.82) is 0 Å². The summed E-state index contributed by atoms with van der Waals surface area (Å²) in [5, 5.41) is 13.9. The van der Waals surface area contributed by atoms with Crippen molar-refractivity contribution in [1.82, 2.24) is 0 Å². The normalized spacial score (nSPS) is 27.0. The second-order valence-corrected chi connectivity index (χ2v) is 5.77. The largest absolute Gasteiger partial charge is 0.497 e. The number of aliphatic hydroxyl groups is 1. The standard InChI is InChI=1S/C15H24N2O2/c1-11-4-3-5-15(18,9-11)10-17-13-6-12(16)7-14(8-13)19-2/h6-8,11,17-18H,3-5,9-10,16H2,1-2H3. The van der Waals surface area contributed by atoms with Crippen LogP contribution in [-0.4, -0.2) is 24.4 Å². The van der Waals surface area contributed by atoms with Gasteiger partial charge in [0.25, 0.3) is 0 Å². The van der Waals surface area contributed by atoms with Crippen LogP contribution in [0.2, 0.25) is 0 Å². The van der Waals surface area contributed by atoms with Gasteiger partial charge in [0.15, 0.2) is 0 Å². The van der Waals surface area contributed by atoms with Crippen molar-refractivity contribution in [2.45, 2.75) is 38.2 Å². The van der Waals surface area contributed by atoms with E-state index in [1.54, 1.807) is 13.2 Å². The lowest BCUT2D eigenvalue weighted by Crippen LogP contribution is -2.41. The van der Waals surface area contributed by atoms with Crippen LogP contribution >= 0.6 is 0 Å². The Morgan fingerprint density at radius 1 is 1.47 bits per heavy atom. The quantitative estimate of drug-likeness (QED) is 0.731. The topological polar surface area (TPSA) is 67.5 Å². The average Bonchev–Trinajstić information content (AvgIpc) is 2.35. The molecule has 0 bridgehead atoms. The number of anilines is 2. The van der Waals surface area contributed by atoms with Crippen LogP contribution in [0.25, 0.3) is 0 Å². The Balaban J connectivity index is 1.99. The molecule has 19 heavy (non-hydrogen) atoms. The molecule has 106 valence electrons. The highest BCUT2D eigenvalue weighted by Crippen LogP contribution is 2.32. The van der Waals surface area contributed by atoms with E-state index in [2.05, 4.69) is 12.2 Å². The second kappa shape index (κ2) is 5.70. The lowest BCUT2D eigenvalue weighted by atomic mass is 9.79. The van der Waals surface area contributed by atoms with Crippen LogP contribution in [-0.2, 0) is 0 Å². The lowest BCUT2D eigenvalue weighted by Gasteiger charge is -2.36. The molecule has 2 atom stereocenters. The van der Waals surface area contributed by atoms with Crippen molar-refractivity contribution < 1.29 is 9.84 Å². The Morgan fingerprint density at radius 2 is 2.26 bits per heavy atom. The van der Waals surface area contributed by atoms with Crippen molar-refractivity contribution in [3.8, 4) is 5.75 Å². The lowest BCUT2D eigenvalue weighted by molar-refractivity contribution is -0.000765. The Kier molecular flexibility index (Phi) is 4.20. The minimum Gasteiger partial charge on any atom is -0.497 e. The van der Waals surface area contributed by atoms with Gasteiger partial charge in [-0.3, -0.25) is 0 Å². The van der Waals surface area contributed by atoms with Gasteiger partial charge in [0.2, 0.25) is 0 Å². The number of benzene rings is 1. The van der Waals surface area contributed by atoms with Crippen LogP contribution in [0.1, 0.15) is 32.6 Å². The maximum absolute atomic E-state index is 10.6. The van der Waals surface area contributed by atoms with Crippen LogP contribution in [0.4, 0.5) is 11.4 Å². The fourth-order valence-electron chi connectivity index (χ4n) is 2.90. The summed E-state index contributed by atoms with van der Waals surface area (Å²) in [6, 6.07) is 5.53.